The Morgan fingerprint density at radius 1 is 1.05 bits per heavy atom. The second kappa shape index (κ2) is 8.87. The Labute approximate surface area is 122 Å². The van der Waals surface area contributed by atoms with E-state index >= 15 is 0 Å². The Morgan fingerprint density at radius 3 is 2.30 bits per heavy atom. The van der Waals surface area contributed by atoms with Gasteiger partial charge in [0.15, 0.2) is 5.82 Å². The van der Waals surface area contributed by atoms with Crippen molar-refractivity contribution in [3.05, 3.63) is 16.8 Å². The first-order valence-electron chi connectivity index (χ1n) is 7.66. The zero-order chi connectivity index (χ0) is 15.0. The van der Waals surface area contributed by atoms with E-state index in [1.807, 2.05) is 0 Å². The number of hydrogen-bond donors (Lipinski definition) is 2. The molecule has 0 spiro atoms. The Bertz CT molecular complexity index is 409. The van der Waals surface area contributed by atoms with Gasteiger partial charge in [-0.15, -0.1) is 5.10 Å². The van der Waals surface area contributed by atoms with Crippen molar-refractivity contribution in [2.24, 2.45) is 5.73 Å². The van der Waals surface area contributed by atoms with Gasteiger partial charge in [0.1, 0.15) is 0 Å². The van der Waals surface area contributed by atoms with Crippen LogP contribution >= 0.6 is 0 Å². The molecule has 1 aromatic rings. The maximum atomic E-state index is 9.27. The molecule has 0 saturated heterocycles. The van der Waals surface area contributed by atoms with Crippen LogP contribution < -0.4 is 10.6 Å². The first-order chi connectivity index (χ1) is 9.73. The molecular weight excluding hydrogens is 252 g/mol. The Kier molecular flexibility index (Phi) is 7.47. The normalized spacial score (nSPS) is 10.8. The minimum Gasteiger partial charge on any atom is -0.395 e. The number of aryl methyl sites for hydroxylation is 1. The van der Waals surface area contributed by atoms with Crippen molar-refractivity contribution in [2.75, 3.05) is 24.6 Å². The van der Waals surface area contributed by atoms with Crippen LogP contribution in [0.25, 0.3) is 0 Å². The third kappa shape index (κ3) is 3.90. The Balaban J connectivity index is 3.19. The fourth-order valence-electron chi connectivity index (χ4n) is 2.50. The summed E-state index contributed by atoms with van der Waals surface area (Å²) in [7, 11) is 0. The SMILES string of the molecule is CCCCN(CCO)c1nnc(CC)c(CC)c1CN. The first kappa shape index (κ1) is 16.9. The third-order valence-electron chi connectivity index (χ3n) is 3.59. The highest BCUT2D eigenvalue weighted by Gasteiger charge is 2.17. The topological polar surface area (TPSA) is 75.3 Å². The molecule has 114 valence electrons. The second-order valence-corrected chi connectivity index (χ2v) is 4.90. The average molecular weight is 280 g/mol. The molecule has 5 nitrogen and oxygen atoms in total. The summed E-state index contributed by atoms with van der Waals surface area (Å²) in [5.74, 6) is 0.851. The number of hydrogen-bond acceptors (Lipinski definition) is 5. The number of aliphatic hydroxyl groups excluding tert-OH is 1. The summed E-state index contributed by atoms with van der Waals surface area (Å²) in [5.41, 5.74) is 9.30. The van der Waals surface area contributed by atoms with Crippen molar-refractivity contribution in [1.82, 2.24) is 10.2 Å². The van der Waals surface area contributed by atoms with Crippen LogP contribution in [0.15, 0.2) is 0 Å². The van der Waals surface area contributed by atoms with Crippen LogP contribution in [-0.4, -0.2) is 35.0 Å². The molecule has 0 radical (unpaired) electrons. The van der Waals surface area contributed by atoms with Crippen LogP contribution in [0.5, 0.6) is 0 Å². The van der Waals surface area contributed by atoms with E-state index in [9.17, 15) is 5.11 Å². The third-order valence-corrected chi connectivity index (χ3v) is 3.59. The monoisotopic (exact) mass is 280 g/mol. The molecule has 0 aromatic carbocycles. The molecule has 3 N–H and O–H groups in total. The fourth-order valence-corrected chi connectivity index (χ4v) is 2.50. The van der Waals surface area contributed by atoms with Gasteiger partial charge < -0.3 is 15.7 Å². The van der Waals surface area contributed by atoms with Crippen LogP contribution in [-0.2, 0) is 19.4 Å². The minimum absolute atomic E-state index is 0.117. The molecule has 0 saturated carbocycles. The highest BCUT2D eigenvalue weighted by molar-refractivity contribution is 5.51. The average Bonchev–Trinajstić information content (AvgIpc) is 2.49. The van der Waals surface area contributed by atoms with Gasteiger partial charge in [-0.05, 0) is 24.8 Å². The lowest BCUT2D eigenvalue weighted by atomic mass is 10.0. The summed E-state index contributed by atoms with van der Waals surface area (Å²) in [6.07, 6.45) is 3.97. The van der Waals surface area contributed by atoms with E-state index in [2.05, 4.69) is 35.9 Å². The summed E-state index contributed by atoms with van der Waals surface area (Å²) < 4.78 is 0. The van der Waals surface area contributed by atoms with Gasteiger partial charge in [0.25, 0.3) is 0 Å². The maximum absolute atomic E-state index is 9.27. The van der Waals surface area contributed by atoms with E-state index in [0.717, 1.165) is 49.3 Å². The first-order valence-corrected chi connectivity index (χ1v) is 7.66. The van der Waals surface area contributed by atoms with E-state index in [4.69, 9.17) is 5.73 Å². The van der Waals surface area contributed by atoms with Crippen molar-refractivity contribution in [1.29, 1.82) is 0 Å². The summed E-state index contributed by atoms with van der Waals surface area (Å²) >= 11 is 0. The summed E-state index contributed by atoms with van der Waals surface area (Å²) in [4.78, 5) is 2.11. The smallest absolute Gasteiger partial charge is 0.156 e. The maximum Gasteiger partial charge on any atom is 0.156 e. The Hall–Kier alpha value is -1.20. The van der Waals surface area contributed by atoms with Gasteiger partial charge in [-0.3, -0.25) is 0 Å². The number of aromatic nitrogens is 2. The molecule has 0 aliphatic heterocycles. The number of nitrogens with zero attached hydrogens (tertiary/aromatic N) is 3. The zero-order valence-corrected chi connectivity index (χ0v) is 13.0. The van der Waals surface area contributed by atoms with Crippen LogP contribution in [0.1, 0.15) is 50.4 Å². The lowest BCUT2D eigenvalue weighted by Gasteiger charge is -2.26. The molecule has 1 heterocycles. The molecule has 0 bridgehead atoms. The molecule has 0 amide bonds. The van der Waals surface area contributed by atoms with Crippen molar-refractivity contribution in [3.63, 3.8) is 0 Å². The van der Waals surface area contributed by atoms with Gasteiger partial charge in [-0.25, -0.2) is 0 Å². The lowest BCUT2D eigenvalue weighted by molar-refractivity contribution is 0.301. The van der Waals surface area contributed by atoms with E-state index in [1.54, 1.807) is 0 Å². The van der Waals surface area contributed by atoms with E-state index in [-0.39, 0.29) is 6.61 Å². The van der Waals surface area contributed by atoms with Crippen LogP contribution in [0, 0.1) is 0 Å². The largest absolute Gasteiger partial charge is 0.395 e. The van der Waals surface area contributed by atoms with Crippen LogP contribution in [0.2, 0.25) is 0 Å². The van der Waals surface area contributed by atoms with E-state index < -0.39 is 0 Å². The quantitative estimate of drug-likeness (QED) is 0.719. The predicted molar refractivity (Wildman–Crippen MR) is 82.9 cm³/mol. The van der Waals surface area contributed by atoms with Crippen LogP contribution in [0.3, 0.4) is 0 Å². The standard InChI is InChI=1S/C15H28N4O/c1-4-7-8-19(9-10-20)15-13(11-16)12(5-2)14(6-3)17-18-15/h20H,4-11,16H2,1-3H3. The summed E-state index contributed by atoms with van der Waals surface area (Å²) in [6.45, 7) is 8.42. The molecule has 1 rings (SSSR count). The number of aliphatic hydroxyl groups is 1. The van der Waals surface area contributed by atoms with Gasteiger partial charge in [0.2, 0.25) is 0 Å². The molecule has 20 heavy (non-hydrogen) atoms. The van der Waals surface area contributed by atoms with Crippen molar-refractivity contribution in [2.45, 2.75) is 53.0 Å². The lowest BCUT2D eigenvalue weighted by Crippen LogP contribution is -2.31. The van der Waals surface area contributed by atoms with E-state index in [0.29, 0.717) is 13.1 Å². The molecule has 0 fully saturated rings. The summed E-state index contributed by atoms with van der Waals surface area (Å²) in [6, 6.07) is 0. The van der Waals surface area contributed by atoms with Gasteiger partial charge >= 0.3 is 0 Å². The van der Waals surface area contributed by atoms with Crippen molar-refractivity contribution < 1.29 is 5.11 Å². The fraction of sp³-hybridized carbons (Fsp3) is 0.733. The highest BCUT2D eigenvalue weighted by atomic mass is 16.3. The second-order valence-electron chi connectivity index (χ2n) is 4.90. The molecular formula is C15H28N4O. The van der Waals surface area contributed by atoms with Crippen molar-refractivity contribution >= 4 is 5.82 Å². The molecule has 5 heteroatoms. The van der Waals surface area contributed by atoms with Gasteiger partial charge in [-0.2, -0.15) is 5.10 Å². The zero-order valence-electron chi connectivity index (χ0n) is 13.0. The number of unbranched alkanes of at least 4 members (excludes halogenated alkanes) is 1. The summed E-state index contributed by atoms with van der Waals surface area (Å²) in [5, 5.41) is 18.0. The van der Waals surface area contributed by atoms with Crippen LogP contribution in [0.4, 0.5) is 5.82 Å². The number of rotatable bonds is 9. The van der Waals surface area contributed by atoms with Gasteiger partial charge in [-0.1, -0.05) is 27.2 Å². The minimum atomic E-state index is 0.117. The molecule has 1 aromatic heterocycles. The van der Waals surface area contributed by atoms with E-state index in [1.165, 1.54) is 5.56 Å². The number of anilines is 1. The van der Waals surface area contributed by atoms with Gasteiger partial charge in [0, 0.05) is 25.2 Å². The molecule has 0 atom stereocenters. The molecule has 0 aliphatic carbocycles. The molecule has 0 unspecified atom stereocenters. The highest BCUT2D eigenvalue weighted by Crippen LogP contribution is 2.23. The predicted octanol–water partition coefficient (Wildman–Crippen LogP) is 1.66. The Morgan fingerprint density at radius 2 is 1.80 bits per heavy atom. The molecule has 0 aliphatic rings. The number of nitrogens with two attached hydrogens (primary N) is 1. The van der Waals surface area contributed by atoms with Crippen molar-refractivity contribution in [3.8, 4) is 0 Å². The van der Waals surface area contributed by atoms with Gasteiger partial charge in [0.05, 0.1) is 12.3 Å².